The molecule has 0 spiro atoms. The summed E-state index contributed by atoms with van der Waals surface area (Å²) < 4.78 is 61.6. The second-order valence-corrected chi connectivity index (χ2v) is 5.94. The summed E-state index contributed by atoms with van der Waals surface area (Å²) in [4.78, 5) is 23.2. The second-order valence-electron chi connectivity index (χ2n) is 5.94. The lowest BCUT2D eigenvalue weighted by atomic mass is 9.97. The predicted molar refractivity (Wildman–Crippen MR) is 92.2 cm³/mol. The van der Waals surface area contributed by atoms with Gasteiger partial charge in [0.05, 0.1) is 11.3 Å². The maximum atomic E-state index is 13.3. The molecule has 1 saturated heterocycles. The first-order valence-corrected chi connectivity index (χ1v) is 8.35. The second kappa shape index (κ2) is 9.29. The van der Waals surface area contributed by atoms with Gasteiger partial charge in [-0.05, 0) is 25.0 Å². The summed E-state index contributed by atoms with van der Waals surface area (Å²) in [6.45, 7) is 0.539. The van der Waals surface area contributed by atoms with Crippen LogP contribution in [0, 0.1) is 17.6 Å². The summed E-state index contributed by atoms with van der Waals surface area (Å²) in [5.74, 6) is -4.00. The minimum absolute atomic E-state index is 0.252. The van der Waals surface area contributed by atoms with Crippen molar-refractivity contribution in [2.45, 2.75) is 19.0 Å². The highest BCUT2D eigenvalue weighted by molar-refractivity contribution is 6.06. The van der Waals surface area contributed by atoms with Crippen molar-refractivity contribution in [1.82, 2.24) is 5.32 Å². The standard InChI is InChI=1S/C12H12F2N2O2.C7H5F3/c13-8-4-1-5-9(10(8)14)16-12(18)7-3-2-6-15-11(7)17;8-7(9,10)6-4-2-1-3-5-6/h1,4-5,7H,2-3,6H2,(H,15,17)(H,16,18);1-5H/t7-;/m1./s1. The number of rotatable bonds is 2. The van der Waals surface area contributed by atoms with Crippen molar-refractivity contribution >= 4 is 17.5 Å². The van der Waals surface area contributed by atoms with Crippen LogP contribution in [0.3, 0.4) is 0 Å². The van der Waals surface area contributed by atoms with Crippen molar-refractivity contribution in [3.8, 4) is 0 Å². The lowest BCUT2D eigenvalue weighted by Crippen LogP contribution is -2.42. The molecule has 3 rings (SSSR count). The predicted octanol–water partition coefficient (Wildman–Crippen LogP) is 4.13. The van der Waals surface area contributed by atoms with Crippen molar-refractivity contribution in [3.63, 3.8) is 0 Å². The zero-order valence-electron chi connectivity index (χ0n) is 14.5. The monoisotopic (exact) mass is 400 g/mol. The van der Waals surface area contributed by atoms with Crippen LogP contribution in [-0.2, 0) is 15.8 Å². The van der Waals surface area contributed by atoms with Crippen molar-refractivity contribution in [1.29, 1.82) is 0 Å². The number of alkyl halides is 3. The molecular weight excluding hydrogens is 383 g/mol. The number of hydrogen-bond donors (Lipinski definition) is 2. The maximum absolute atomic E-state index is 13.3. The topological polar surface area (TPSA) is 58.2 Å². The largest absolute Gasteiger partial charge is 0.416 e. The Bertz CT molecular complexity index is 825. The Hall–Kier alpha value is -2.97. The molecule has 1 aliphatic heterocycles. The molecule has 28 heavy (non-hydrogen) atoms. The van der Waals surface area contributed by atoms with Gasteiger partial charge in [0.15, 0.2) is 11.6 Å². The van der Waals surface area contributed by atoms with Gasteiger partial charge >= 0.3 is 6.18 Å². The molecule has 2 aromatic rings. The number of carbonyl (C=O) groups excluding carboxylic acids is 2. The molecule has 0 aliphatic carbocycles. The molecule has 2 N–H and O–H groups in total. The minimum atomic E-state index is -4.21. The van der Waals surface area contributed by atoms with Crippen LogP contribution in [0.4, 0.5) is 27.6 Å². The number of benzene rings is 2. The van der Waals surface area contributed by atoms with E-state index in [2.05, 4.69) is 10.6 Å². The zero-order valence-corrected chi connectivity index (χ0v) is 14.5. The maximum Gasteiger partial charge on any atom is 0.416 e. The van der Waals surface area contributed by atoms with Gasteiger partial charge in [0, 0.05) is 6.54 Å². The number of amides is 2. The lowest BCUT2D eigenvalue weighted by Gasteiger charge is -2.21. The first kappa shape index (κ1) is 21.3. The summed E-state index contributed by atoms with van der Waals surface area (Å²) in [6, 6.07) is 9.85. The van der Waals surface area contributed by atoms with Crippen molar-refractivity contribution in [2.75, 3.05) is 11.9 Å². The van der Waals surface area contributed by atoms with Crippen molar-refractivity contribution in [3.05, 3.63) is 65.7 Å². The summed E-state index contributed by atoms with van der Waals surface area (Å²) in [6.07, 6.45) is -3.11. The SMILES string of the molecule is FC(F)(F)c1ccccc1.O=C1NCCC[C@H]1C(=O)Nc1cccc(F)c1F. The number of halogens is 5. The van der Waals surface area contributed by atoms with E-state index in [0.717, 1.165) is 18.2 Å². The van der Waals surface area contributed by atoms with Gasteiger partial charge in [-0.1, -0.05) is 36.4 Å². The van der Waals surface area contributed by atoms with Crippen LogP contribution in [0.25, 0.3) is 0 Å². The van der Waals surface area contributed by atoms with Gasteiger partial charge in [0.2, 0.25) is 11.8 Å². The van der Waals surface area contributed by atoms with Crippen molar-refractivity contribution in [2.24, 2.45) is 5.92 Å². The van der Waals surface area contributed by atoms with Crippen LogP contribution in [0.5, 0.6) is 0 Å². The van der Waals surface area contributed by atoms with E-state index in [-0.39, 0.29) is 11.6 Å². The third-order valence-electron chi connectivity index (χ3n) is 3.91. The molecule has 1 atom stereocenters. The Morgan fingerprint density at radius 3 is 2.29 bits per heavy atom. The van der Waals surface area contributed by atoms with E-state index < -0.39 is 35.2 Å². The Balaban J connectivity index is 0.000000237. The molecule has 4 nitrogen and oxygen atoms in total. The third kappa shape index (κ3) is 5.77. The molecule has 1 fully saturated rings. The van der Waals surface area contributed by atoms with Crippen LogP contribution in [-0.4, -0.2) is 18.4 Å². The first-order valence-electron chi connectivity index (χ1n) is 8.35. The van der Waals surface area contributed by atoms with Crippen LogP contribution in [0.2, 0.25) is 0 Å². The highest BCUT2D eigenvalue weighted by Gasteiger charge is 2.30. The first-order chi connectivity index (χ1) is 13.2. The Kier molecular flexibility index (Phi) is 7.08. The van der Waals surface area contributed by atoms with Gasteiger partial charge in [-0.25, -0.2) is 8.78 Å². The Morgan fingerprint density at radius 1 is 1.04 bits per heavy atom. The minimum Gasteiger partial charge on any atom is -0.355 e. The fourth-order valence-corrected chi connectivity index (χ4v) is 2.47. The van der Waals surface area contributed by atoms with Gasteiger partial charge in [-0.2, -0.15) is 13.2 Å². The molecule has 150 valence electrons. The molecule has 2 amide bonds. The number of nitrogens with one attached hydrogen (secondary N) is 2. The van der Waals surface area contributed by atoms with E-state index >= 15 is 0 Å². The highest BCUT2D eigenvalue weighted by Crippen LogP contribution is 2.28. The number of hydrogen-bond acceptors (Lipinski definition) is 2. The van der Waals surface area contributed by atoms with E-state index in [1.807, 2.05) is 0 Å². The van der Waals surface area contributed by atoms with E-state index in [1.54, 1.807) is 6.07 Å². The van der Waals surface area contributed by atoms with E-state index in [1.165, 1.54) is 24.3 Å². The average Bonchev–Trinajstić information content (AvgIpc) is 2.66. The quantitative estimate of drug-likeness (QED) is 0.588. The molecule has 0 unspecified atom stereocenters. The number of piperidine rings is 1. The summed E-state index contributed by atoms with van der Waals surface area (Å²) in [5, 5.41) is 4.79. The fraction of sp³-hybridized carbons (Fsp3) is 0.263. The van der Waals surface area contributed by atoms with E-state index in [0.29, 0.717) is 19.4 Å². The highest BCUT2D eigenvalue weighted by atomic mass is 19.4. The normalized spacial score (nSPS) is 16.5. The smallest absolute Gasteiger partial charge is 0.355 e. The molecule has 0 aromatic heterocycles. The van der Waals surface area contributed by atoms with Crippen LogP contribution >= 0.6 is 0 Å². The number of carbonyl (C=O) groups is 2. The van der Waals surface area contributed by atoms with Gasteiger partial charge < -0.3 is 10.6 Å². The van der Waals surface area contributed by atoms with Crippen molar-refractivity contribution < 1.29 is 31.5 Å². The lowest BCUT2D eigenvalue weighted by molar-refractivity contribution is -0.137. The average molecular weight is 400 g/mol. The van der Waals surface area contributed by atoms with Gasteiger partial charge in [-0.15, -0.1) is 0 Å². The molecule has 0 radical (unpaired) electrons. The molecule has 1 aliphatic rings. The van der Waals surface area contributed by atoms with E-state index in [4.69, 9.17) is 0 Å². The Labute approximate surface area is 157 Å². The number of anilines is 1. The van der Waals surface area contributed by atoms with Gasteiger partial charge in [0.1, 0.15) is 5.92 Å². The van der Waals surface area contributed by atoms with Gasteiger partial charge in [0.25, 0.3) is 0 Å². The molecule has 0 saturated carbocycles. The summed E-state index contributed by atoms with van der Waals surface area (Å²) in [7, 11) is 0. The molecular formula is C19H17F5N2O2. The fourth-order valence-electron chi connectivity index (χ4n) is 2.47. The Morgan fingerprint density at radius 2 is 1.71 bits per heavy atom. The molecule has 1 heterocycles. The molecule has 0 bridgehead atoms. The summed E-state index contributed by atoms with van der Waals surface area (Å²) in [5.41, 5.74) is -0.853. The van der Waals surface area contributed by atoms with Crippen LogP contribution in [0.15, 0.2) is 48.5 Å². The zero-order chi connectivity index (χ0) is 20.7. The molecule has 2 aromatic carbocycles. The van der Waals surface area contributed by atoms with Gasteiger partial charge in [-0.3, -0.25) is 9.59 Å². The van der Waals surface area contributed by atoms with E-state index in [9.17, 15) is 31.5 Å². The summed E-state index contributed by atoms with van der Waals surface area (Å²) >= 11 is 0. The van der Waals surface area contributed by atoms with Crippen LogP contribution < -0.4 is 10.6 Å². The third-order valence-corrected chi connectivity index (χ3v) is 3.91. The molecule has 9 heteroatoms. The van der Waals surface area contributed by atoms with Crippen LogP contribution in [0.1, 0.15) is 18.4 Å².